The number of hydrogen-bond acceptors (Lipinski definition) is 8. The average Bonchev–Trinajstić information content (AvgIpc) is 3.54. The molecule has 1 aliphatic heterocycles. The van der Waals surface area contributed by atoms with Gasteiger partial charge in [0.25, 0.3) is 11.5 Å². The molecule has 1 saturated heterocycles. The van der Waals surface area contributed by atoms with Gasteiger partial charge in [-0.2, -0.15) is 0 Å². The van der Waals surface area contributed by atoms with Crippen LogP contribution in [0.4, 0.5) is 10.1 Å². The summed E-state index contributed by atoms with van der Waals surface area (Å²) < 4.78 is 14.4. The van der Waals surface area contributed by atoms with Gasteiger partial charge in [0.2, 0.25) is 5.91 Å². The summed E-state index contributed by atoms with van der Waals surface area (Å²) in [6.45, 7) is 0.823. The highest BCUT2D eigenvalue weighted by molar-refractivity contribution is 6.00. The van der Waals surface area contributed by atoms with Crippen LogP contribution in [0, 0.1) is 5.82 Å². The van der Waals surface area contributed by atoms with Crippen molar-refractivity contribution in [3.05, 3.63) is 58.1 Å². The summed E-state index contributed by atoms with van der Waals surface area (Å²) >= 11 is 0. The number of anilines is 1. The number of amides is 2. The van der Waals surface area contributed by atoms with Crippen molar-refractivity contribution in [2.24, 2.45) is 0 Å². The number of nitrogens with two attached hydrogens (primary N) is 1. The second kappa shape index (κ2) is 11.6. The van der Waals surface area contributed by atoms with Crippen LogP contribution >= 0.6 is 0 Å². The summed E-state index contributed by atoms with van der Waals surface area (Å²) in [5, 5.41) is 32.8. The van der Waals surface area contributed by atoms with Crippen LogP contribution in [0.2, 0.25) is 0 Å². The molecule has 0 spiro atoms. The number of aromatic nitrogens is 3. The highest BCUT2D eigenvalue weighted by atomic mass is 19.1. The van der Waals surface area contributed by atoms with Gasteiger partial charge in [0.15, 0.2) is 0 Å². The van der Waals surface area contributed by atoms with E-state index in [1.807, 2.05) is 0 Å². The van der Waals surface area contributed by atoms with E-state index in [1.165, 1.54) is 17.0 Å². The fourth-order valence-corrected chi connectivity index (χ4v) is 5.11. The first kappa shape index (κ1) is 28.2. The Kier molecular flexibility index (Phi) is 8.01. The molecule has 0 bridgehead atoms. The number of hydrogen-bond donors (Lipinski definition) is 7. The van der Waals surface area contributed by atoms with E-state index < -0.39 is 35.6 Å². The maximum absolute atomic E-state index is 14.4. The lowest BCUT2D eigenvalue weighted by atomic mass is 10.1. The Morgan fingerprint density at radius 1 is 1.17 bits per heavy atom. The molecule has 0 aliphatic carbocycles. The highest BCUT2D eigenvalue weighted by Gasteiger charge is 2.26. The quantitative estimate of drug-likeness (QED) is 0.156. The Hall–Kier alpha value is -4.33. The molecule has 216 valence electrons. The molecule has 12 nitrogen and oxygen atoms in total. The molecular weight excluding hydrogens is 535 g/mol. The largest absolute Gasteiger partial charge is 0.397 e. The Labute approximate surface area is 233 Å². The van der Waals surface area contributed by atoms with Crippen molar-refractivity contribution in [3.63, 3.8) is 0 Å². The summed E-state index contributed by atoms with van der Waals surface area (Å²) in [6.07, 6.45) is -2.01. The van der Waals surface area contributed by atoms with Crippen LogP contribution in [0.5, 0.6) is 0 Å². The molecule has 2 aromatic heterocycles. The van der Waals surface area contributed by atoms with Crippen molar-refractivity contribution in [1.82, 2.24) is 25.2 Å². The SMILES string of the molecule is Nc1c(-c2nc3ccc(C(=O)NCC[C@@H](O)C[C@@H](O)CC(=O)N4CCC(O)C4)cc3[nH]2)c(=O)[nH]c2cccc(F)c12. The molecule has 1 fully saturated rings. The van der Waals surface area contributed by atoms with Crippen LogP contribution in [0.25, 0.3) is 33.3 Å². The van der Waals surface area contributed by atoms with Gasteiger partial charge in [-0.3, -0.25) is 14.4 Å². The van der Waals surface area contributed by atoms with E-state index in [-0.39, 0.29) is 66.2 Å². The number of β-amino-alcohol motifs (C(OH)–C–C–N with tert-alkyl or cyclic N) is 1. The Morgan fingerprint density at radius 2 is 1.98 bits per heavy atom. The van der Waals surface area contributed by atoms with Crippen LogP contribution in [0.3, 0.4) is 0 Å². The molecule has 1 aliphatic rings. The first-order chi connectivity index (χ1) is 19.6. The van der Waals surface area contributed by atoms with Crippen molar-refractivity contribution >= 4 is 39.4 Å². The highest BCUT2D eigenvalue weighted by Crippen LogP contribution is 2.30. The van der Waals surface area contributed by atoms with E-state index in [0.29, 0.717) is 29.6 Å². The molecule has 0 saturated carbocycles. The predicted molar refractivity (Wildman–Crippen MR) is 149 cm³/mol. The van der Waals surface area contributed by atoms with Gasteiger partial charge in [0.05, 0.1) is 52.4 Å². The van der Waals surface area contributed by atoms with Gasteiger partial charge in [0.1, 0.15) is 17.2 Å². The van der Waals surface area contributed by atoms with E-state index in [0.717, 1.165) is 0 Å². The lowest BCUT2D eigenvalue weighted by Gasteiger charge is -2.19. The zero-order valence-corrected chi connectivity index (χ0v) is 22.1. The van der Waals surface area contributed by atoms with Crippen LogP contribution < -0.4 is 16.6 Å². The summed E-state index contributed by atoms with van der Waals surface area (Å²) in [4.78, 5) is 49.1. The third-order valence-electron chi connectivity index (χ3n) is 7.24. The number of carbonyl (C=O) groups excluding carboxylic acids is 2. The number of nitrogens with one attached hydrogen (secondary N) is 3. The Bertz CT molecular complexity index is 1670. The fourth-order valence-electron chi connectivity index (χ4n) is 5.11. The first-order valence-electron chi connectivity index (χ1n) is 13.3. The molecule has 41 heavy (non-hydrogen) atoms. The van der Waals surface area contributed by atoms with Gasteiger partial charge in [-0.05, 0) is 49.6 Å². The molecule has 2 amide bonds. The van der Waals surface area contributed by atoms with Gasteiger partial charge in [-0.15, -0.1) is 0 Å². The number of rotatable bonds is 9. The summed E-state index contributed by atoms with van der Waals surface area (Å²) in [5.41, 5.74) is 7.05. The Balaban J connectivity index is 1.19. The van der Waals surface area contributed by atoms with Gasteiger partial charge in [-0.25, -0.2) is 9.37 Å². The molecule has 0 radical (unpaired) electrons. The van der Waals surface area contributed by atoms with E-state index in [1.54, 1.807) is 24.3 Å². The predicted octanol–water partition coefficient (Wildman–Crippen LogP) is 1.01. The number of aromatic amines is 2. The van der Waals surface area contributed by atoms with Gasteiger partial charge in [0, 0.05) is 25.2 Å². The molecule has 4 aromatic rings. The molecule has 8 N–H and O–H groups in total. The number of aliphatic hydroxyl groups excluding tert-OH is 3. The normalized spacial score (nSPS) is 16.8. The van der Waals surface area contributed by atoms with Crippen LogP contribution in [0.1, 0.15) is 36.0 Å². The van der Waals surface area contributed by atoms with Gasteiger partial charge in [-0.1, -0.05) is 6.07 Å². The smallest absolute Gasteiger partial charge is 0.261 e. The zero-order valence-electron chi connectivity index (χ0n) is 22.1. The first-order valence-corrected chi connectivity index (χ1v) is 13.3. The monoisotopic (exact) mass is 566 g/mol. The number of halogens is 1. The molecule has 3 atom stereocenters. The van der Waals surface area contributed by atoms with E-state index in [4.69, 9.17) is 5.73 Å². The fraction of sp³-hybridized carbons (Fsp3) is 0.357. The minimum absolute atomic E-state index is 0.0132. The van der Waals surface area contributed by atoms with Crippen molar-refractivity contribution < 1.29 is 29.3 Å². The number of fused-ring (bicyclic) bond motifs is 2. The number of imidazole rings is 1. The second-order valence-corrected chi connectivity index (χ2v) is 10.3. The third kappa shape index (κ3) is 6.06. The topological polar surface area (TPSA) is 198 Å². The number of H-pyrrole nitrogens is 2. The summed E-state index contributed by atoms with van der Waals surface area (Å²) in [7, 11) is 0. The van der Waals surface area contributed by atoms with E-state index >= 15 is 0 Å². The Morgan fingerprint density at radius 3 is 2.73 bits per heavy atom. The number of carbonyl (C=O) groups is 2. The molecule has 5 rings (SSSR count). The maximum atomic E-state index is 14.4. The maximum Gasteiger partial charge on any atom is 0.261 e. The summed E-state index contributed by atoms with van der Waals surface area (Å²) in [5.74, 6) is -1.14. The van der Waals surface area contributed by atoms with Gasteiger partial charge >= 0.3 is 0 Å². The lowest BCUT2D eigenvalue weighted by Crippen LogP contribution is -2.34. The molecule has 2 aromatic carbocycles. The van der Waals surface area contributed by atoms with Crippen molar-refractivity contribution in [2.45, 2.75) is 44.0 Å². The van der Waals surface area contributed by atoms with E-state index in [9.17, 15) is 34.1 Å². The standard InChI is InChI=1S/C28H31FN6O6/c29-18-2-1-3-20-23(18)25(30)24(28(41)34-20)26-32-19-5-4-14(10-21(19)33-26)27(40)31-8-6-15(36)11-17(38)12-22(39)35-9-7-16(37)13-35/h1-5,10,15-17,36-38H,6-9,11-13H2,(H,31,40)(H,32,33)(H3,30,34,41)/t15-,16?,17-/m1/s1. The minimum Gasteiger partial charge on any atom is -0.397 e. The molecule has 3 heterocycles. The van der Waals surface area contributed by atoms with E-state index in [2.05, 4.69) is 20.3 Å². The summed E-state index contributed by atoms with van der Waals surface area (Å²) in [6, 6.07) is 8.96. The van der Waals surface area contributed by atoms with Crippen molar-refractivity contribution in [2.75, 3.05) is 25.4 Å². The molecule has 1 unspecified atom stereocenters. The van der Waals surface area contributed by atoms with Crippen molar-refractivity contribution in [3.8, 4) is 11.4 Å². The number of benzene rings is 2. The van der Waals surface area contributed by atoms with Crippen LogP contribution in [-0.4, -0.2) is 84.9 Å². The number of likely N-dealkylation sites (tertiary alicyclic amines) is 1. The lowest BCUT2D eigenvalue weighted by molar-refractivity contribution is -0.132. The third-order valence-corrected chi connectivity index (χ3v) is 7.24. The number of nitrogen functional groups attached to an aromatic ring is 1. The molecular formula is C28H31FN6O6. The zero-order chi connectivity index (χ0) is 29.3. The molecule has 13 heteroatoms. The number of pyridine rings is 1. The van der Waals surface area contributed by atoms with Gasteiger partial charge < -0.3 is 41.2 Å². The average molecular weight is 567 g/mol. The minimum atomic E-state index is -1.04. The second-order valence-electron chi connectivity index (χ2n) is 10.3. The number of aliphatic hydroxyl groups is 3. The number of nitrogens with zero attached hydrogens (tertiary/aromatic N) is 2. The van der Waals surface area contributed by atoms with Crippen LogP contribution in [-0.2, 0) is 4.79 Å². The van der Waals surface area contributed by atoms with Crippen LogP contribution in [0.15, 0.2) is 41.2 Å². The van der Waals surface area contributed by atoms with Crippen molar-refractivity contribution in [1.29, 1.82) is 0 Å².